The zero-order chi connectivity index (χ0) is 18.6. The van der Waals surface area contributed by atoms with E-state index in [1.807, 2.05) is 0 Å². The molecule has 0 bridgehead atoms. The molecule has 0 spiro atoms. The lowest BCUT2D eigenvalue weighted by Crippen LogP contribution is -2.11. The SMILES string of the molecule is CCCCCCCCC=CCCCCCCCCOCCS(=O)(=O)O. The van der Waals surface area contributed by atoms with Gasteiger partial charge < -0.3 is 4.74 Å². The number of hydrogen-bond donors (Lipinski definition) is 1. The molecule has 25 heavy (non-hydrogen) atoms. The van der Waals surface area contributed by atoms with Gasteiger partial charge >= 0.3 is 0 Å². The molecule has 0 aromatic heterocycles. The van der Waals surface area contributed by atoms with Gasteiger partial charge in [-0.3, -0.25) is 4.55 Å². The van der Waals surface area contributed by atoms with Crippen molar-refractivity contribution < 1.29 is 17.7 Å². The van der Waals surface area contributed by atoms with Gasteiger partial charge in [-0.15, -0.1) is 0 Å². The molecule has 0 aliphatic heterocycles. The lowest BCUT2D eigenvalue weighted by atomic mass is 10.1. The number of allylic oxidation sites excluding steroid dienone is 2. The van der Waals surface area contributed by atoms with E-state index >= 15 is 0 Å². The second-order valence-electron chi connectivity index (χ2n) is 6.84. The Bertz CT molecular complexity index is 391. The molecular formula is C20H40O4S. The highest BCUT2D eigenvalue weighted by atomic mass is 32.2. The van der Waals surface area contributed by atoms with Gasteiger partial charge in [0.25, 0.3) is 10.1 Å². The Morgan fingerprint density at radius 2 is 1.20 bits per heavy atom. The van der Waals surface area contributed by atoms with Crippen molar-refractivity contribution in [2.24, 2.45) is 0 Å². The molecule has 0 rings (SSSR count). The quantitative estimate of drug-likeness (QED) is 0.172. The summed E-state index contributed by atoms with van der Waals surface area (Å²) in [6, 6.07) is 0. The van der Waals surface area contributed by atoms with Crippen LogP contribution in [-0.4, -0.2) is 31.9 Å². The number of ether oxygens (including phenoxy) is 1. The predicted molar refractivity (Wildman–Crippen MR) is 107 cm³/mol. The summed E-state index contributed by atoms with van der Waals surface area (Å²) in [7, 11) is -3.88. The first kappa shape index (κ1) is 24.6. The second-order valence-corrected chi connectivity index (χ2v) is 8.41. The lowest BCUT2D eigenvalue weighted by Gasteiger charge is -2.03. The Morgan fingerprint density at radius 3 is 1.72 bits per heavy atom. The van der Waals surface area contributed by atoms with E-state index in [1.165, 1.54) is 77.0 Å². The van der Waals surface area contributed by atoms with Crippen molar-refractivity contribution in [3.63, 3.8) is 0 Å². The van der Waals surface area contributed by atoms with Crippen LogP contribution < -0.4 is 0 Å². The van der Waals surface area contributed by atoms with Crippen LogP contribution in [0.5, 0.6) is 0 Å². The maximum atomic E-state index is 10.5. The predicted octanol–water partition coefficient (Wildman–Crippen LogP) is 5.93. The summed E-state index contributed by atoms with van der Waals surface area (Å²) >= 11 is 0. The van der Waals surface area contributed by atoms with E-state index < -0.39 is 10.1 Å². The van der Waals surface area contributed by atoms with Gasteiger partial charge in [-0.2, -0.15) is 8.42 Å². The number of rotatable bonds is 19. The summed E-state index contributed by atoms with van der Waals surface area (Å²) in [5.41, 5.74) is 0. The maximum Gasteiger partial charge on any atom is 0.267 e. The molecule has 0 saturated heterocycles. The van der Waals surface area contributed by atoms with Crippen LogP contribution in [0.1, 0.15) is 96.8 Å². The maximum absolute atomic E-state index is 10.5. The highest BCUT2D eigenvalue weighted by Crippen LogP contribution is 2.10. The Balaban J connectivity index is 3.12. The molecule has 0 saturated carbocycles. The van der Waals surface area contributed by atoms with Gasteiger partial charge in [0.2, 0.25) is 0 Å². The molecule has 0 atom stereocenters. The van der Waals surface area contributed by atoms with E-state index in [4.69, 9.17) is 9.29 Å². The molecule has 0 aromatic carbocycles. The summed E-state index contributed by atoms with van der Waals surface area (Å²) in [4.78, 5) is 0. The van der Waals surface area contributed by atoms with Crippen molar-refractivity contribution in [2.45, 2.75) is 96.8 Å². The van der Waals surface area contributed by atoms with Crippen LogP contribution in [0.25, 0.3) is 0 Å². The van der Waals surface area contributed by atoms with Crippen molar-refractivity contribution in [2.75, 3.05) is 19.0 Å². The number of unbranched alkanes of at least 4 members (excludes halogenated alkanes) is 12. The van der Waals surface area contributed by atoms with Gasteiger partial charge in [-0.1, -0.05) is 76.9 Å². The Morgan fingerprint density at radius 1 is 0.720 bits per heavy atom. The largest absolute Gasteiger partial charge is 0.380 e. The van der Waals surface area contributed by atoms with Gasteiger partial charge in [-0.05, 0) is 32.1 Å². The van der Waals surface area contributed by atoms with Gasteiger partial charge in [0.1, 0.15) is 0 Å². The summed E-state index contributed by atoms with van der Waals surface area (Å²) in [6.45, 7) is 2.93. The van der Waals surface area contributed by atoms with Crippen LogP contribution in [0.15, 0.2) is 12.2 Å². The molecule has 0 aliphatic carbocycles. The van der Waals surface area contributed by atoms with Crippen molar-refractivity contribution in [3.05, 3.63) is 12.2 Å². The van der Waals surface area contributed by atoms with E-state index in [9.17, 15) is 8.42 Å². The molecular weight excluding hydrogens is 336 g/mol. The highest BCUT2D eigenvalue weighted by molar-refractivity contribution is 7.85. The van der Waals surface area contributed by atoms with Crippen LogP contribution >= 0.6 is 0 Å². The molecule has 5 heteroatoms. The minimum atomic E-state index is -3.88. The van der Waals surface area contributed by atoms with E-state index in [0.717, 1.165) is 12.8 Å². The van der Waals surface area contributed by atoms with Crippen LogP contribution in [0.4, 0.5) is 0 Å². The lowest BCUT2D eigenvalue weighted by molar-refractivity contribution is 0.143. The summed E-state index contributed by atoms with van der Waals surface area (Å²) in [5, 5.41) is 0. The van der Waals surface area contributed by atoms with Crippen molar-refractivity contribution >= 4 is 10.1 Å². The fraction of sp³-hybridized carbons (Fsp3) is 0.900. The van der Waals surface area contributed by atoms with Crippen LogP contribution in [0, 0.1) is 0 Å². The molecule has 0 amide bonds. The van der Waals surface area contributed by atoms with Crippen molar-refractivity contribution in [1.82, 2.24) is 0 Å². The first-order valence-corrected chi connectivity index (χ1v) is 11.8. The second kappa shape index (κ2) is 18.4. The zero-order valence-electron chi connectivity index (χ0n) is 16.3. The van der Waals surface area contributed by atoms with Crippen LogP contribution in [0.3, 0.4) is 0 Å². The van der Waals surface area contributed by atoms with Crippen LogP contribution in [0.2, 0.25) is 0 Å². The van der Waals surface area contributed by atoms with Gasteiger partial charge in [0.05, 0.1) is 12.4 Å². The fourth-order valence-electron chi connectivity index (χ4n) is 2.72. The van der Waals surface area contributed by atoms with Gasteiger partial charge in [0.15, 0.2) is 0 Å². The van der Waals surface area contributed by atoms with Crippen molar-refractivity contribution in [3.8, 4) is 0 Å². The molecule has 1 N–H and O–H groups in total. The molecule has 0 radical (unpaired) electrons. The third-order valence-electron chi connectivity index (χ3n) is 4.29. The van der Waals surface area contributed by atoms with E-state index in [1.54, 1.807) is 0 Å². The molecule has 0 unspecified atom stereocenters. The molecule has 0 aromatic rings. The smallest absolute Gasteiger partial charge is 0.267 e. The molecule has 0 fully saturated rings. The molecule has 4 nitrogen and oxygen atoms in total. The minimum Gasteiger partial charge on any atom is -0.380 e. The summed E-state index contributed by atoms with van der Waals surface area (Å²) in [5.74, 6) is -0.306. The Hall–Kier alpha value is -0.390. The first-order chi connectivity index (χ1) is 12.1. The third-order valence-corrected chi connectivity index (χ3v) is 4.97. The Labute approximate surface area is 156 Å². The molecule has 150 valence electrons. The van der Waals surface area contributed by atoms with E-state index in [0.29, 0.717) is 6.61 Å². The fourth-order valence-corrected chi connectivity index (χ4v) is 3.05. The minimum absolute atomic E-state index is 0.0872. The summed E-state index contributed by atoms with van der Waals surface area (Å²) < 4.78 is 34.7. The third kappa shape index (κ3) is 23.6. The standard InChI is InChI=1S/C20H40O4S/c1-2-3-4-5-6-7-8-9-10-11-12-13-14-15-16-17-18-24-19-20-25(21,22)23/h9-10H,2-8,11-20H2,1H3,(H,21,22,23). The highest BCUT2D eigenvalue weighted by Gasteiger charge is 2.02. The normalized spacial score (nSPS) is 12.2. The van der Waals surface area contributed by atoms with Crippen LogP contribution in [-0.2, 0) is 14.9 Å². The number of hydrogen-bond acceptors (Lipinski definition) is 3. The molecule has 0 aliphatic rings. The van der Waals surface area contributed by atoms with E-state index in [2.05, 4.69) is 19.1 Å². The van der Waals surface area contributed by atoms with Gasteiger partial charge in [0, 0.05) is 6.61 Å². The van der Waals surface area contributed by atoms with Crippen molar-refractivity contribution in [1.29, 1.82) is 0 Å². The zero-order valence-corrected chi connectivity index (χ0v) is 17.1. The topological polar surface area (TPSA) is 63.6 Å². The van der Waals surface area contributed by atoms with E-state index in [-0.39, 0.29) is 12.4 Å². The summed E-state index contributed by atoms with van der Waals surface area (Å²) in [6.07, 6.45) is 22.5. The monoisotopic (exact) mass is 376 g/mol. The average Bonchev–Trinajstić information content (AvgIpc) is 2.56. The first-order valence-electron chi connectivity index (χ1n) is 10.2. The molecule has 0 heterocycles. The average molecular weight is 377 g/mol. The van der Waals surface area contributed by atoms with Gasteiger partial charge in [-0.25, -0.2) is 0 Å². The Kier molecular flexibility index (Phi) is 18.1.